The molecule has 5 heteroatoms. The van der Waals surface area contributed by atoms with Crippen LogP contribution in [0.5, 0.6) is 0 Å². The second-order valence-electron chi connectivity index (χ2n) is 0. The van der Waals surface area contributed by atoms with Gasteiger partial charge in [0.25, 0.3) is 0 Å². The summed E-state index contributed by atoms with van der Waals surface area (Å²) in [6.45, 7) is 0. The Labute approximate surface area is 111 Å². The summed E-state index contributed by atoms with van der Waals surface area (Å²) in [5, 5.41) is 0. The van der Waals surface area contributed by atoms with Gasteiger partial charge in [-0.2, -0.15) is 0 Å². The van der Waals surface area contributed by atoms with Gasteiger partial charge in [-0.1, -0.05) is 0 Å². The maximum atomic E-state index is 8.06. The van der Waals surface area contributed by atoms with Gasteiger partial charge in [0.15, 0.2) is 17.4 Å². The van der Waals surface area contributed by atoms with Crippen LogP contribution in [0.25, 0.3) is 0 Å². The molecule has 5 heavy (non-hydrogen) atoms. The van der Waals surface area contributed by atoms with E-state index in [1.165, 1.54) is 0 Å². The van der Waals surface area contributed by atoms with E-state index >= 15 is 0 Å². The summed E-state index contributed by atoms with van der Waals surface area (Å²) in [6, 6.07) is 0. The van der Waals surface area contributed by atoms with Crippen LogP contribution >= 0.6 is 0 Å². The first-order chi connectivity index (χ1) is 1.00. The predicted molar refractivity (Wildman–Crippen MR) is 18.6 cm³/mol. The van der Waals surface area contributed by atoms with E-state index in [9.17, 15) is 0 Å². The van der Waals surface area contributed by atoms with Crippen LogP contribution < -0.4 is 0 Å². The minimum atomic E-state index is 0. The molecule has 0 saturated heterocycles. The molecule has 0 aromatic carbocycles. The van der Waals surface area contributed by atoms with Crippen LogP contribution in [0.2, 0.25) is 0 Å². The van der Waals surface area contributed by atoms with Crippen LogP contribution in [0.4, 0.5) is 0 Å². The van der Waals surface area contributed by atoms with Crippen molar-refractivity contribution in [3.63, 3.8) is 0 Å². The molecule has 0 N–H and O–H groups in total. The molecule has 0 aliphatic heterocycles. The van der Waals surface area contributed by atoms with Gasteiger partial charge in [-0.3, -0.25) is 0 Å². The van der Waals surface area contributed by atoms with Crippen LogP contribution in [0.15, 0.2) is 0 Å². The molecular weight excluding hydrogens is 277 g/mol. The molecule has 0 aromatic heterocycles. The van der Waals surface area contributed by atoms with Crippen molar-refractivity contribution >= 4 is 55.1 Å². The molecule has 0 bridgehead atoms. The Kier molecular flexibility index (Phi) is 127. The van der Waals surface area contributed by atoms with Crippen molar-refractivity contribution in [2.75, 3.05) is 0 Å². The topological polar surface area (TPSA) is 17.1 Å². The average molecular weight is 282 g/mol. The first kappa shape index (κ1) is 23.9. The van der Waals surface area contributed by atoms with Crippen molar-refractivity contribution < 1.29 is 58.2 Å². The monoisotopic (exact) mass is 282 g/mol. The molecule has 0 unspecified atom stereocenters. The van der Waals surface area contributed by atoms with Crippen molar-refractivity contribution in [1.82, 2.24) is 0 Å². The molecule has 0 aliphatic carbocycles. The van der Waals surface area contributed by atoms with Crippen LogP contribution in [-0.4, -0.2) is 55.1 Å². The van der Waals surface area contributed by atoms with Gasteiger partial charge >= 0.3 is 57.5 Å². The van der Waals surface area contributed by atoms with Crippen LogP contribution in [0.1, 0.15) is 2.85 Å². The Hall–Kier alpha value is 3.31. The Morgan fingerprint density at radius 2 is 1.40 bits per heavy atom. The molecule has 0 fully saturated rings. The molecule has 0 saturated carbocycles. The number of hydrogen-bond donors (Lipinski definition) is 0. The zero-order chi connectivity index (χ0) is 2.00. The minimum absolute atomic E-state index is 0. The quantitative estimate of drug-likeness (QED) is 0.496. The van der Waals surface area contributed by atoms with Gasteiger partial charge < -0.3 is 2.85 Å². The second kappa shape index (κ2) is 26.6. The molecule has 0 atom stereocenters. The summed E-state index contributed by atoms with van der Waals surface area (Å²) in [5.41, 5.74) is 0. The summed E-state index contributed by atoms with van der Waals surface area (Å²) in [6.07, 6.45) is 0. The number of hydrogen-bond acceptors (Lipinski definition) is 1. The summed E-state index contributed by atoms with van der Waals surface area (Å²) in [5.74, 6) is 0. The second-order valence-corrected chi connectivity index (χ2v) is 0. The normalized spacial score (nSPS) is 0.800. The Morgan fingerprint density at radius 3 is 1.40 bits per heavy atom. The summed E-state index contributed by atoms with van der Waals surface area (Å²) in [7, 11) is 0. The van der Waals surface area contributed by atoms with Crippen molar-refractivity contribution in [2.45, 2.75) is 0 Å². The fourth-order valence-corrected chi connectivity index (χ4v) is 0. The molecule has 0 rings (SSSR count). The SMILES string of the molecule is [AlH3].[Ca+2].[H-].[H-].[La].[O]=[Mn]. The van der Waals surface area contributed by atoms with Crippen molar-refractivity contribution in [1.29, 1.82) is 0 Å². The predicted octanol–water partition coefficient (Wildman–Crippen LogP) is -1.46. The van der Waals surface area contributed by atoms with E-state index < -0.39 is 0 Å². The van der Waals surface area contributed by atoms with E-state index in [4.69, 9.17) is 3.83 Å². The molecule has 1 nitrogen and oxygen atoms in total. The van der Waals surface area contributed by atoms with Crippen LogP contribution in [0.3, 0.4) is 0 Å². The van der Waals surface area contributed by atoms with Gasteiger partial charge in [0.05, 0.1) is 0 Å². The fraction of sp³-hybridized carbons (Fsp3) is 0. The van der Waals surface area contributed by atoms with Crippen molar-refractivity contribution in [2.24, 2.45) is 0 Å². The van der Waals surface area contributed by atoms with Crippen LogP contribution in [0, 0.1) is 35.6 Å². The van der Waals surface area contributed by atoms with E-state index in [-0.39, 0.29) is 93.6 Å². The van der Waals surface area contributed by atoms with Crippen molar-refractivity contribution in [3.05, 3.63) is 0 Å². The molecule has 0 heterocycles. The van der Waals surface area contributed by atoms with E-state index in [1.54, 1.807) is 15.9 Å². The van der Waals surface area contributed by atoms with Gasteiger partial charge in [-0.15, -0.1) is 0 Å². The average Bonchev–Trinajstić information content (AvgIpc) is 1.00. The van der Waals surface area contributed by atoms with E-state index in [0.717, 1.165) is 0 Å². The third-order valence-electron chi connectivity index (χ3n) is 0. The van der Waals surface area contributed by atoms with E-state index in [1.807, 2.05) is 0 Å². The fourth-order valence-electron chi connectivity index (χ4n) is 0. The Balaban J connectivity index is -0.000000000500. The van der Waals surface area contributed by atoms with Gasteiger partial charge in [-0.05, 0) is 0 Å². The van der Waals surface area contributed by atoms with Crippen LogP contribution in [-0.2, 0) is 19.8 Å². The first-order valence-electron chi connectivity index (χ1n) is 0.154. The molecule has 0 spiro atoms. The van der Waals surface area contributed by atoms with E-state index in [0.29, 0.717) is 0 Å². The van der Waals surface area contributed by atoms with Gasteiger partial charge in [0.1, 0.15) is 0 Å². The molecule has 26 valence electrons. The van der Waals surface area contributed by atoms with Crippen molar-refractivity contribution in [3.8, 4) is 0 Å². The third-order valence-corrected chi connectivity index (χ3v) is 0. The van der Waals surface area contributed by atoms with Gasteiger partial charge in [0.2, 0.25) is 0 Å². The standard InChI is InChI=1S/Al.Ca.La.Mn.O.5H/q;+2;;;;;;;2*-1. The molecule has 1 radical (unpaired) electrons. The molecule has 0 aromatic rings. The zero-order valence-electron chi connectivity index (χ0n) is 4.07. The molecule has 0 amide bonds. The van der Waals surface area contributed by atoms with E-state index in [2.05, 4.69) is 0 Å². The van der Waals surface area contributed by atoms with Gasteiger partial charge in [-0.25, -0.2) is 0 Å². The number of rotatable bonds is 0. The summed E-state index contributed by atoms with van der Waals surface area (Å²) < 4.78 is 8.06. The summed E-state index contributed by atoms with van der Waals surface area (Å²) >= 11 is 1.69. The summed E-state index contributed by atoms with van der Waals surface area (Å²) in [4.78, 5) is 0. The van der Waals surface area contributed by atoms with Gasteiger partial charge in [0, 0.05) is 35.6 Å². The first-order valence-corrected chi connectivity index (χ1v) is 0.636. The Morgan fingerprint density at radius 1 is 1.40 bits per heavy atom. The Bertz CT molecular complexity index is 17.7. The zero-order valence-corrected chi connectivity index (χ0v) is 9.09. The third kappa shape index (κ3) is 18.8. The molecular formula is H5AlCaLaMnO. The maximum absolute atomic E-state index is 8.06. The molecule has 0 aliphatic rings.